The first-order chi connectivity index (χ1) is 16.3. The number of halogens is 1. The van der Waals surface area contributed by atoms with E-state index in [4.69, 9.17) is 16.3 Å². The number of amides is 1. The van der Waals surface area contributed by atoms with Crippen LogP contribution in [0.25, 0.3) is 5.76 Å². The fraction of sp³-hybridized carbons (Fsp3) is 0.120. The molecule has 4 rings (SSSR count). The maximum absolute atomic E-state index is 13.2. The molecule has 2 heterocycles. The fourth-order valence-corrected chi connectivity index (χ4v) is 4.83. The highest BCUT2D eigenvalue weighted by Gasteiger charge is 2.48. The molecule has 1 N–H and O–H groups in total. The number of hydrogen-bond acceptors (Lipinski definition) is 7. The van der Waals surface area contributed by atoms with E-state index in [-0.39, 0.29) is 27.9 Å². The molecule has 0 saturated carbocycles. The topological polar surface area (TPSA) is 96.8 Å². The van der Waals surface area contributed by atoms with Gasteiger partial charge in [-0.05, 0) is 24.6 Å². The number of aliphatic hydroxyl groups excluding tert-OH is 1. The van der Waals surface area contributed by atoms with Crippen molar-refractivity contribution in [2.75, 3.05) is 11.5 Å². The number of carbonyl (C=O) groups excluding carboxylic acids is 3. The standard InChI is InChI=1S/C25H19ClN2O5S/c1-3-12-33-24(32)22-14(2)27-25(34-22)28-19(16-10-7-11-17(26)13-16)18(21(30)23(28)31)20(29)15-8-5-4-6-9-15/h3-11,13,19,29H,1,12H2,2H3/b20-18+. The Morgan fingerprint density at radius 2 is 1.97 bits per heavy atom. The smallest absolute Gasteiger partial charge is 0.350 e. The Morgan fingerprint density at radius 1 is 1.24 bits per heavy atom. The predicted octanol–water partition coefficient (Wildman–Crippen LogP) is 5.07. The highest BCUT2D eigenvalue weighted by atomic mass is 35.5. The van der Waals surface area contributed by atoms with Crippen LogP contribution < -0.4 is 4.90 Å². The van der Waals surface area contributed by atoms with E-state index in [1.807, 2.05) is 0 Å². The molecule has 172 valence electrons. The lowest BCUT2D eigenvalue weighted by molar-refractivity contribution is -0.132. The first-order valence-electron chi connectivity index (χ1n) is 10.2. The lowest BCUT2D eigenvalue weighted by Gasteiger charge is -2.23. The van der Waals surface area contributed by atoms with E-state index in [0.717, 1.165) is 11.3 Å². The number of ether oxygens (including phenoxy) is 1. The van der Waals surface area contributed by atoms with Gasteiger partial charge in [0.1, 0.15) is 17.2 Å². The van der Waals surface area contributed by atoms with Gasteiger partial charge in [-0.25, -0.2) is 9.78 Å². The maximum atomic E-state index is 13.2. The zero-order valence-electron chi connectivity index (χ0n) is 18.0. The van der Waals surface area contributed by atoms with Crippen LogP contribution in [0.3, 0.4) is 0 Å². The number of benzene rings is 2. The Morgan fingerprint density at radius 3 is 2.65 bits per heavy atom. The number of hydrogen-bond donors (Lipinski definition) is 1. The van der Waals surface area contributed by atoms with Crippen LogP contribution in [0.2, 0.25) is 5.02 Å². The number of thiazole rings is 1. The summed E-state index contributed by atoms with van der Waals surface area (Å²) in [6.07, 6.45) is 1.44. The van der Waals surface area contributed by atoms with Gasteiger partial charge in [0.25, 0.3) is 5.78 Å². The molecule has 0 bridgehead atoms. The van der Waals surface area contributed by atoms with E-state index in [1.165, 1.54) is 11.0 Å². The Balaban J connectivity index is 1.89. The van der Waals surface area contributed by atoms with E-state index >= 15 is 0 Å². The van der Waals surface area contributed by atoms with Crippen LogP contribution in [0.5, 0.6) is 0 Å². The average Bonchev–Trinajstić information content (AvgIpc) is 3.34. The summed E-state index contributed by atoms with van der Waals surface area (Å²) in [6.45, 7) is 5.15. The van der Waals surface area contributed by atoms with E-state index in [2.05, 4.69) is 11.6 Å². The molecule has 0 radical (unpaired) electrons. The molecule has 3 aromatic rings. The SMILES string of the molecule is C=CCOC(=O)c1sc(N2C(=O)C(=O)/C(=C(/O)c3ccccc3)C2c2cccc(Cl)c2)nc1C. The van der Waals surface area contributed by atoms with Crippen molar-refractivity contribution in [1.82, 2.24) is 4.98 Å². The number of aryl methyl sites for hydroxylation is 1. The molecule has 34 heavy (non-hydrogen) atoms. The Labute approximate surface area is 204 Å². The largest absolute Gasteiger partial charge is 0.507 e. The van der Waals surface area contributed by atoms with Gasteiger partial charge < -0.3 is 9.84 Å². The van der Waals surface area contributed by atoms with Gasteiger partial charge in [0.2, 0.25) is 0 Å². The number of nitrogens with zero attached hydrogens (tertiary/aromatic N) is 2. The lowest BCUT2D eigenvalue weighted by atomic mass is 9.95. The van der Waals surface area contributed by atoms with Crippen molar-refractivity contribution in [2.24, 2.45) is 0 Å². The van der Waals surface area contributed by atoms with Crippen LogP contribution in [0.4, 0.5) is 5.13 Å². The summed E-state index contributed by atoms with van der Waals surface area (Å²) in [5.74, 6) is -2.66. The molecule has 1 atom stereocenters. The van der Waals surface area contributed by atoms with Crippen molar-refractivity contribution >= 4 is 51.5 Å². The quantitative estimate of drug-likeness (QED) is 0.169. The molecule has 9 heteroatoms. The molecule has 1 aliphatic rings. The van der Waals surface area contributed by atoms with Gasteiger partial charge >= 0.3 is 11.9 Å². The summed E-state index contributed by atoms with van der Waals surface area (Å²) in [6, 6.07) is 14.1. The molecular formula is C25H19ClN2O5S. The van der Waals surface area contributed by atoms with Crippen LogP contribution in [-0.4, -0.2) is 34.4 Å². The summed E-state index contributed by atoms with van der Waals surface area (Å²) in [4.78, 5) is 44.6. The van der Waals surface area contributed by atoms with Gasteiger partial charge in [0, 0.05) is 10.6 Å². The summed E-state index contributed by atoms with van der Waals surface area (Å²) in [7, 11) is 0. The van der Waals surface area contributed by atoms with Crippen molar-refractivity contribution in [3.8, 4) is 0 Å². The Kier molecular flexibility index (Phi) is 6.63. The number of Topliss-reactive ketones (excluding diaryl/α,β-unsaturated/α-hetero) is 1. The van der Waals surface area contributed by atoms with Crippen molar-refractivity contribution in [3.05, 3.63) is 99.5 Å². The number of ketones is 1. The third kappa shape index (κ3) is 4.25. The first-order valence-corrected chi connectivity index (χ1v) is 11.4. The fourth-order valence-electron chi connectivity index (χ4n) is 3.65. The van der Waals surface area contributed by atoms with Gasteiger partial charge in [-0.2, -0.15) is 0 Å². The molecule has 1 aromatic heterocycles. The first kappa shape index (κ1) is 23.4. The highest BCUT2D eigenvalue weighted by Crippen LogP contribution is 2.44. The number of carbonyl (C=O) groups is 3. The van der Waals surface area contributed by atoms with Gasteiger partial charge in [0.15, 0.2) is 5.13 Å². The van der Waals surface area contributed by atoms with Gasteiger partial charge in [-0.3, -0.25) is 14.5 Å². The summed E-state index contributed by atoms with van der Waals surface area (Å²) in [5.41, 5.74) is 1.15. The number of aliphatic hydroxyl groups is 1. The van der Waals surface area contributed by atoms with Crippen molar-refractivity contribution < 1.29 is 24.2 Å². The second-order valence-corrected chi connectivity index (χ2v) is 8.80. The van der Waals surface area contributed by atoms with Crippen LogP contribution in [0.15, 0.2) is 72.8 Å². The van der Waals surface area contributed by atoms with Crippen LogP contribution in [0, 0.1) is 6.92 Å². The van der Waals surface area contributed by atoms with E-state index < -0.39 is 23.7 Å². The van der Waals surface area contributed by atoms with Crippen molar-refractivity contribution in [2.45, 2.75) is 13.0 Å². The minimum Gasteiger partial charge on any atom is -0.507 e. The third-order valence-corrected chi connectivity index (χ3v) is 6.54. The minimum absolute atomic E-state index is 0.0234. The van der Waals surface area contributed by atoms with E-state index in [1.54, 1.807) is 61.5 Å². The molecule has 0 spiro atoms. The van der Waals surface area contributed by atoms with Crippen LogP contribution in [-0.2, 0) is 14.3 Å². The Bertz CT molecular complexity index is 1330. The van der Waals surface area contributed by atoms with E-state index in [9.17, 15) is 19.5 Å². The molecule has 1 saturated heterocycles. The molecule has 1 fully saturated rings. The second kappa shape index (κ2) is 9.62. The molecule has 1 unspecified atom stereocenters. The maximum Gasteiger partial charge on any atom is 0.350 e. The van der Waals surface area contributed by atoms with Gasteiger partial charge in [0.05, 0.1) is 17.3 Å². The molecule has 1 amide bonds. The number of aromatic nitrogens is 1. The van der Waals surface area contributed by atoms with Crippen LogP contribution in [0.1, 0.15) is 32.5 Å². The minimum atomic E-state index is -0.999. The van der Waals surface area contributed by atoms with Gasteiger partial charge in [-0.1, -0.05) is 78.1 Å². The van der Waals surface area contributed by atoms with Crippen molar-refractivity contribution in [3.63, 3.8) is 0 Å². The molecule has 1 aliphatic heterocycles. The molecule has 0 aliphatic carbocycles. The molecular weight excluding hydrogens is 476 g/mol. The predicted molar refractivity (Wildman–Crippen MR) is 130 cm³/mol. The van der Waals surface area contributed by atoms with Crippen LogP contribution >= 0.6 is 22.9 Å². The average molecular weight is 495 g/mol. The lowest BCUT2D eigenvalue weighted by Crippen LogP contribution is -2.29. The zero-order valence-corrected chi connectivity index (χ0v) is 19.6. The van der Waals surface area contributed by atoms with Gasteiger partial charge in [-0.15, -0.1) is 0 Å². The second-order valence-electron chi connectivity index (χ2n) is 7.39. The number of rotatable bonds is 6. The normalized spacial score (nSPS) is 17.1. The molecule has 7 nitrogen and oxygen atoms in total. The zero-order chi connectivity index (χ0) is 24.4. The number of esters is 1. The monoisotopic (exact) mass is 494 g/mol. The summed E-state index contributed by atoms with van der Waals surface area (Å²) >= 11 is 7.13. The summed E-state index contributed by atoms with van der Waals surface area (Å²) in [5, 5.41) is 11.6. The van der Waals surface area contributed by atoms with E-state index in [0.29, 0.717) is 21.8 Å². The highest BCUT2D eigenvalue weighted by molar-refractivity contribution is 7.17. The molecule has 2 aromatic carbocycles. The number of anilines is 1. The van der Waals surface area contributed by atoms with Crippen molar-refractivity contribution in [1.29, 1.82) is 0 Å². The summed E-state index contributed by atoms with van der Waals surface area (Å²) < 4.78 is 5.10. The third-order valence-electron chi connectivity index (χ3n) is 5.17. The Hall–Kier alpha value is -3.75.